The molecule has 2 rings (SSSR count). The number of sulfonamides is 1. The van der Waals surface area contributed by atoms with Gasteiger partial charge in [0.2, 0.25) is 10.0 Å². The first-order chi connectivity index (χ1) is 10.6. The van der Waals surface area contributed by atoms with Gasteiger partial charge in [0.15, 0.2) is 0 Å². The van der Waals surface area contributed by atoms with Gasteiger partial charge in [0.1, 0.15) is 11.9 Å². The molecule has 0 amide bonds. The number of aromatic nitrogens is 1. The van der Waals surface area contributed by atoms with E-state index < -0.39 is 10.0 Å². The monoisotopic (exact) mass is 322 g/mol. The topological polar surface area (TPSA) is 86.1 Å². The summed E-state index contributed by atoms with van der Waals surface area (Å²) in [5.41, 5.74) is 0.588. The van der Waals surface area contributed by atoms with Gasteiger partial charge in [-0.05, 0) is 37.3 Å². The Morgan fingerprint density at radius 1 is 1.45 bits per heavy atom. The van der Waals surface area contributed by atoms with Crippen molar-refractivity contribution in [3.63, 3.8) is 0 Å². The zero-order chi connectivity index (χ0) is 16.0. The van der Waals surface area contributed by atoms with Crippen LogP contribution in [-0.4, -0.2) is 38.8 Å². The van der Waals surface area contributed by atoms with Gasteiger partial charge in [-0.15, -0.1) is 0 Å². The lowest BCUT2D eigenvalue weighted by Crippen LogP contribution is -2.39. The van der Waals surface area contributed by atoms with E-state index in [1.807, 2.05) is 6.92 Å². The molecule has 0 aromatic carbocycles. The van der Waals surface area contributed by atoms with Crippen LogP contribution in [0.2, 0.25) is 0 Å². The van der Waals surface area contributed by atoms with E-state index in [0.29, 0.717) is 24.4 Å². The first kappa shape index (κ1) is 16.7. The summed E-state index contributed by atoms with van der Waals surface area (Å²) in [5.74, 6) is 1.26. The number of rotatable bonds is 6. The van der Waals surface area contributed by atoms with E-state index in [1.54, 1.807) is 18.3 Å². The molecule has 0 aliphatic carbocycles. The maximum atomic E-state index is 11.7. The Bertz CT molecular complexity index is 631. The average Bonchev–Trinajstić information content (AvgIpc) is 2.53. The van der Waals surface area contributed by atoms with Crippen molar-refractivity contribution in [1.82, 2.24) is 9.71 Å². The minimum absolute atomic E-state index is 0.186. The molecule has 120 valence electrons. The third-order valence-electron chi connectivity index (χ3n) is 3.89. The van der Waals surface area contributed by atoms with E-state index in [0.717, 1.165) is 31.7 Å². The Morgan fingerprint density at radius 2 is 2.18 bits per heavy atom. The number of hydrogen-bond donors (Lipinski definition) is 1. The molecule has 2 heterocycles. The molecule has 0 spiro atoms. The summed E-state index contributed by atoms with van der Waals surface area (Å²) >= 11 is 0. The van der Waals surface area contributed by atoms with Gasteiger partial charge in [-0.1, -0.05) is 6.92 Å². The molecular weight excluding hydrogens is 300 g/mol. The number of nitrogens with one attached hydrogen (secondary N) is 1. The Hall–Kier alpha value is -1.65. The molecule has 7 heteroatoms. The first-order valence-corrected chi connectivity index (χ1v) is 9.28. The van der Waals surface area contributed by atoms with Crippen molar-refractivity contribution < 1.29 is 8.42 Å². The fourth-order valence-corrected chi connectivity index (χ4v) is 3.84. The molecule has 1 fully saturated rings. The number of anilines is 1. The normalized spacial score (nSPS) is 16.5. The SMILES string of the molecule is CCCS(=O)(=O)NCC1CCN(c2ncccc2C#N)CC1. The van der Waals surface area contributed by atoms with Crippen molar-refractivity contribution >= 4 is 15.8 Å². The molecule has 0 radical (unpaired) electrons. The van der Waals surface area contributed by atoms with E-state index in [2.05, 4.69) is 20.7 Å². The van der Waals surface area contributed by atoms with Crippen LogP contribution in [0.15, 0.2) is 18.3 Å². The zero-order valence-electron chi connectivity index (χ0n) is 12.8. The van der Waals surface area contributed by atoms with Gasteiger partial charge >= 0.3 is 0 Å². The summed E-state index contributed by atoms with van der Waals surface area (Å²) in [6.45, 7) is 3.96. The molecule has 6 nitrogen and oxygen atoms in total. The largest absolute Gasteiger partial charge is 0.356 e. The maximum Gasteiger partial charge on any atom is 0.211 e. The van der Waals surface area contributed by atoms with Crippen LogP contribution in [0.1, 0.15) is 31.7 Å². The molecule has 22 heavy (non-hydrogen) atoms. The summed E-state index contributed by atoms with van der Waals surface area (Å²) in [6, 6.07) is 5.70. The lowest BCUT2D eigenvalue weighted by molar-refractivity contribution is 0.400. The molecule has 1 aliphatic heterocycles. The van der Waals surface area contributed by atoms with E-state index in [1.165, 1.54) is 0 Å². The highest BCUT2D eigenvalue weighted by molar-refractivity contribution is 7.89. The molecule has 1 aromatic rings. The van der Waals surface area contributed by atoms with E-state index >= 15 is 0 Å². The Kier molecular flexibility index (Phi) is 5.75. The van der Waals surface area contributed by atoms with E-state index in [4.69, 9.17) is 5.26 Å². The number of piperidine rings is 1. The van der Waals surface area contributed by atoms with Crippen LogP contribution in [0.4, 0.5) is 5.82 Å². The number of pyridine rings is 1. The fourth-order valence-electron chi connectivity index (χ4n) is 2.67. The molecule has 1 aliphatic rings. The van der Waals surface area contributed by atoms with Gasteiger partial charge in [-0.25, -0.2) is 18.1 Å². The average molecular weight is 322 g/mol. The van der Waals surface area contributed by atoms with Crippen LogP contribution >= 0.6 is 0 Å². The molecule has 1 aromatic heterocycles. The molecule has 1 N–H and O–H groups in total. The number of nitrogens with zero attached hydrogens (tertiary/aromatic N) is 3. The summed E-state index contributed by atoms with van der Waals surface area (Å²) in [5, 5.41) is 9.13. The highest BCUT2D eigenvalue weighted by Gasteiger charge is 2.23. The quantitative estimate of drug-likeness (QED) is 0.857. The van der Waals surface area contributed by atoms with Crippen LogP contribution in [0.3, 0.4) is 0 Å². The van der Waals surface area contributed by atoms with Crippen LogP contribution in [0.25, 0.3) is 0 Å². The van der Waals surface area contributed by atoms with Gasteiger partial charge < -0.3 is 4.90 Å². The molecule has 0 atom stereocenters. The zero-order valence-corrected chi connectivity index (χ0v) is 13.6. The van der Waals surface area contributed by atoms with Crippen molar-refractivity contribution in [3.8, 4) is 6.07 Å². The maximum absolute atomic E-state index is 11.7. The van der Waals surface area contributed by atoms with Gasteiger partial charge in [-0.3, -0.25) is 0 Å². The highest BCUT2D eigenvalue weighted by Crippen LogP contribution is 2.23. The highest BCUT2D eigenvalue weighted by atomic mass is 32.2. The van der Waals surface area contributed by atoms with Crippen LogP contribution in [-0.2, 0) is 10.0 Å². The predicted molar refractivity (Wildman–Crippen MR) is 86.0 cm³/mol. The third-order valence-corrected chi connectivity index (χ3v) is 5.44. The predicted octanol–water partition coefficient (Wildman–Crippen LogP) is 1.50. The fraction of sp³-hybridized carbons (Fsp3) is 0.600. The standard InChI is InChI=1S/C15H22N4O2S/c1-2-10-22(20,21)18-12-13-5-8-19(9-6-13)15-14(11-16)4-3-7-17-15/h3-4,7,13,18H,2,5-6,8-10,12H2,1H3. The Morgan fingerprint density at radius 3 is 2.82 bits per heavy atom. The minimum Gasteiger partial charge on any atom is -0.356 e. The second-order valence-electron chi connectivity index (χ2n) is 5.58. The number of hydrogen-bond acceptors (Lipinski definition) is 5. The van der Waals surface area contributed by atoms with Crippen LogP contribution < -0.4 is 9.62 Å². The first-order valence-electron chi connectivity index (χ1n) is 7.63. The van der Waals surface area contributed by atoms with Gasteiger partial charge in [0.05, 0.1) is 11.3 Å². The summed E-state index contributed by atoms with van der Waals surface area (Å²) in [7, 11) is -3.13. The second-order valence-corrected chi connectivity index (χ2v) is 7.51. The smallest absolute Gasteiger partial charge is 0.211 e. The molecular formula is C15H22N4O2S. The molecule has 0 unspecified atom stereocenters. The van der Waals surface area contributed by atoms with Gasteiger partial charge in [0, 0.05) is 25.8 Å². The summed E-state index contributed by atoms with van der Waals surface area (Å²) < 4.78 is 26.0. The van der Waals surface area contributed by atoms with E-state index in [9.17, 15) is 8.42 Å². The van der Waals surface area contributed by atoms with Crippen LogP contribution in [0, 0.1) is 17.2 Å². The van der Waals surface area contributed by atoms with E-state index in [-0.39, 0.29) is 5.75 Å². The van der Waals surface area contributed by atoms with Crippen molar-refractivity contribution in [2.24, 2.45) is 5.92 Å². The minimum atomic E-state index is -3.13. The lowest BCUT2D eigenvalue weighted by Gasteiger charge is -2.33. The van der Waals surface area contributed by atoms with Gasteiger partial charge in [-0.2, -0.15) is 5.26 Å². The van der Waals surface area contributed by atoms with Crippen LogP contribution in [0.5, 0.6) is 0 Å². The van der Waals surface area contributed by atoms with Crippen molar-refractivity contribution in [2.45, 2.75) is 26.2 Å². The third kappa shape index (κ3) is 4.42. The molecule has 0 bridgehead atoms. The van der Waals surface area contributed by atoms with Crippen molar-refractivity contribution in [2.75, 3.05) is 30.3 Å². The van der Waals surface area contributed by atoms with Crippen molar-refractivity contribution in [3.05, 3.63) is 23.9 Å². The molecule has 1 saturated heterocycles. The van der Waals surface area contributed by atoms with Gasteiger partial charge in [0.25, 0.3) is 0 Å². The Balaban J connectivity index is 1.87. The molecule has 0 saturated carbocycles. The Labute approximate surface area is 132 Å². The summed E-state index contributed by atoms with van der Waals surface area (Å²) in [6.07, 6.45) is 4.12. The summed E-state index contributed by atoms with van der Waals surface area (Å²) in [4.78, 5) is 6.41. The lowest BCUT2D eigenvalue weighted by atomic mass is 9.97. The number of nitriles is 1. The van der Waals surface area contributed by atoms with Crippen molar-refractivity contribution in [1.29, 1.82) is 5.26 Å². The second kappa shape index (κ2) is 7.56.